The first kappa shape index (κ1) is 21.6. The van der Waals surface area contributed by atoms with Crippen LogP contribution in [0.3, 0.4) is 0 Å². The van der Waals surface area contributed by atoms with Gasteiger partial charge >= 0.3 is 6.09 Å². The molecule has 0 aromatic heterocycles. The molecule has 160 valence electrons. The van der Waals surface area contributed by atoms with Crippen LogP contribution in [0.2, 0.25) is 5.02 Å². The van der Waals surface area contributed by atoms with Gasteiger partial charge in [-0.3, -0.25) is 9.89 Å². The zero-order chi connectivity index (χ0) is 21.5. The van der Waals surface area contributed by atoms with E-state index in [-0.39, 0.29) is 18.1 Å². The standard InChI is InChI=1S/C23H27BrClN3O2/c1-23(2,3)30-22(29)28-11-9-27(10-12-28)21-17-7-6-16(25)14-18(17)19(24)13-15-5-4-8-26-20(15)21/h4,6-8,13-15,21H,5,9-12H2,1-3H3. The van der Waals surface area contributed by atoms with Gasteiger partial charge in [-0.15, -0.1) is 0 Å². The Balaban J connectivity index is 1.61. The Bertz CT molecular complexity index is 927. The van der Waals surface area contributed by atoms with E-state index in [4.69, 9.17) is 21.3 Å². The van der Waals surface area contributed by atoms with Crippen molar-refractivity contribution in [1.29, 1.82) is 0 Å². The van der Waals surface area contributed by atoms with Gasteiger partial charge in [0.1, 0.15) is 5.60 Å². The largest absolute Gasteiger partial charge is 0.444 e. The van der Waals surface area contributed by atoms with E-state index in [1.807, 2.05) is 39.1 Å². The monoisotopic (exact) mass is 491 g/mol. The van der Waals surface area contributed by atoms with Gasteiger partial charge in [0.25, 0.3) is 0 Å². The number of ether oxygens (including phenoxy) is 1. The van der Waals surface area contributed by atoms with Crippen LogP contribution in [0.1, 0.15) is 44.4 Å². The molecule has 1 saturated heterocycles. The fourth-order valence-electron chi connectivity index (χ4n) is 4.26. The van der Waals surface area contributed by atoms with E-state index in [2.05, 4.69) is 39.0 Å². The Morgan fingerprint density at radius 2 is 1.97 bits per heavy atom. The van der Waals surface area contributed by atoms with Crippen molar-refractivity contribution in [1.82, 2.24) is 9.80 Å². The quantitative estimate of drug-likeness (QED) is 0.508. The van der Waals surface area contributed by atoms with Gasteiger partial charge in [0.2, 0.25) is 0 Å². The first-order valence-corrected chi connectivity index (χ1v) is 11.5. The summed E-state index contributed by atoms with van der Waals surface area (Å²) < 4.78 is 6.61. The predicted octanol–water partition coefficient (Wildman–Crippen LogP) is 5.66. The molecule has 1 amide bonds. The third-order valence-electron chi connectivity index (χ3n) is 5.62. The number of aliphatic imine (C=N–C) groups is 1. The minimum Gasteiger partial charge on any atom is -0.444 e. The number of piperazine rings is 1. The van der Waals surface area contributed by atoms with Crippen molar-refractivity contribution in [2.45, 2.75) is 38.8 Å². The number of allylic oxidation sites excluding steroid dienone is 2. The third-order valence-corrected chi connectivity index (χ3v) is 6.55. The average Bonchev–Trinajstić information content (AvgIpc) is 2.81. The van der Waals surface area contributed by atoms with Gasteiger partial charge in [0.05, 0.1) is 6.04 Å². The maximum Gasteiger partial charge on any atom is 0.410 e. The van der Waals surface area contributed by atoms with Gasteiger partial charge in [-0.2, -0.15) is 0 Å². The highest BCUT2D eigenvalue weighted by molar-refractivity contribution is 9.15. The van der Waals surface area contributed by atoms with Crippen LogP contribution < -0.4 is 0 Å². The van der Waals surface area contributed by atoms with Gasteiger partial charge in [-0.25, -0.2) is 4.79 Å². The first-order valence-electron chi connectivity index (χ1n) is 10.3. The van der Waals surface area contributed by atoms with E-state index < -0.39 is 5.60 Å². The van der Waals surface area contributed by atoms with Crippen molar-refractivity contribution < 1.29 is 9.53 Å². The summed E-state index contributed by atoms with van der Waals surface area (Å²) in [4.78, 5) is 21.5. The summed E-state index contributed by atoms with van der Waals surface area (Å²) in [7, 11) is 0. The number of fused-ring (bicyclic) bond motifs is 2. The molecule has 4 rings (SSSR count). The summed E-state index contributed by atoms with van der Waals surface area (Å²) in [5.41, 5.74) is 2.98. The second-order valence-electron chi connectivity index (χ2n) is 8.93. The molecule has 0 bridgehead atoms. The second-order valence-corrected chi connectivity index (χ2v) is 10.2. The number of hydrogen-bond acceptors (Lipinski definition) is 4. The number of amides is 1. The lowest BCUT2D eigenvalue weighted by Crippen LogP contribution is -2.52. The lowest BCUT2D eigenvalue weighted by atomic mass is 9.88. The molecule has 30 heavy (non-hydrogen) atoms. The average molecular weight is 493 g/mol. The van der Waals surface area contributed by atoms with Crippen LogP contribution in [0.15, 0.2) is 41.5 Å². The van der Waals surface area contributed by atoms with E-state index in [0.29, 0.717) is 13.1 Å². The number of rotatable bonds is 1. The zero-order valence-corrected chi connectivity index (χ0v) is 19.9. The molecule has 0 saturated carbocycles. The molecule has 5 nitrogen and oxygen atoms in total. The molecular weight excluding hydrogens is 466 g/mol. The van der Waals surface area contributed by atoms with E-state index in [1.54, 1.807) is 4.90 Å². The Hall–Kier alpha value is -1.63. The molecule has 2 atom stereocenters. The molecular formula is C23H27BrClN3O2. The molecule has 0 N–H and O–H groups in total. The zero-order valence-electron chi connectivity index (χ0n) is 17.6. The topological polar surface area (TPSA) is 45.1 Å². The van der Waals surface area contributed by atoms with Crippen molar-refractivity contribution in [3.8, 4) is 0 Å². The number of nitrogens with zero attached hydrogens (tertiary/aromatic N) is 3. The fourth-order valence-corrected chi connectivity index (χ4v) is 5.10. The Labute approximate surface area is 191 Å². The number of halogens is 2. The SMILES string of the molecule is CC(C)(C)OC(=O)N1CCN(C2C3=NC=CCC3C=C(Br)c3cc(Cl)ccc32)CC1. The lowest BCUT2D eigenvalue weighted by Gasteiger charge is -2.41. The van der Waals surface area contributed by atoms with Crippen LogP contribution in [-0.4, -0.2) is 53.4 Å². The highest BCUT2D eigenvalue weighted by Gasteiger charge is 2.37. The highest BCUT2D eigenvalue weighted by atomic mass is 79.9. The van der Waals surface area contributed by atoms with Gasteiger partial charge in [-0.05, 0) is 50.5 Å². The van der Waals surface area contributed by atoms with Crippen LogP contribution in [0.4, 0.5) is 4.79 Å². The maximum absolute atomic E-state index is 12.5. The fraction of sp³-hybridized carbons (Fsp3) is 0.478. The number of benzene rings is 1. The molecule has 0 radical (unpaired) electrons. The van der Waals surface area contributed by atoms with Gasteiger partial charge < -0.3 is 9.64 Å². The molecule has 7 heteroatoms. The van der Waals surface area contributed by atoms with Crippen molar-refractivity contribution in [2.75, 3.05) is 26.2 Å². The minimum absolute atomic E-state index is 0.0549. The van der Waals surface area contributed by atoms with Crippen molar-refractivity contribution in [3.63, 3.8) is 0 Å². The number of carbonyl (C=O) groups excluding carboxylic acids is 1. The lowest BCUT2D eigenvalue weighted by molar-refractivity contribution is 0.0128. The Morgan fingerprint density at radius 3 is 2.67 bits per heavy atom. The van der Waals surface area contributed by atoms with E-state index >= 15 is 0 Å². The van der Waals surface area contributed by atoms with Crippen LogP contribution in [-0.2, 0) is 4.74 Å². The summed E-state index contributed by atoms with van der Waals surface area (Å²) in [6, 6.07) is 6.14. The molecule has 1 fully saturated rings. The molecule has 1 aromatic carbocycles. The van der Waals surface area contributed by atoms with Gasteiger partial charge in [0.15, 0.2) is 0 Å². The van der Waals surface area contributed by atoms with Crippen LogP contribution >= 0.6 is 27.5 Å². The molecule has 2 aliphatic heterocycles. The van der Waals surface area contributed by atoms with E-state index in [1.165, 1.54) is 5.56 Å². The smallest absolute Gasteiger partial charge is 0.410 e. The molecule has 1 aromatic rings. The minimum atomic E-state index is -0.484. The summed E-state index contributed by atoms with van der Waals surface area (Å²) in [6.07, 6.45) is 6.97. The van der Waals surface area contributed by atoms with Crippen molar-refractivity contribution >= 4 is 43.8 Å². The maximum atomic E-state index is 12.5. The number of carbonyl (C=O) groups is 1. The predicted molar refractivity (Wildman–Crippen MR) is 125 cm³/mol. The van der Waals surface area contributed by atoms with E-state index in [0.717, 1.165) is 40.3 Å². The summed E-state index contributed by atoms with van der Waals surface area (Å²) in [6.45, 7) is 8.49. The second kappa shape index (κ2) is 8.48. The first-order chi connectivity index (χ1) is 14.2. The van der Waals surface area contributed by atoms with Crippen molar-refractivity contribution in [3.05, 3.63) is 52.7 Å². The van der Waals surface area contributed by atoms with E-state index in [9.17, 15) is 4.79 Å². The van der Waals surface area contributed by atoms with Gasteiger partial charge in [0, 0.05) is 53.5 Å². The third kappa shape index (κ3) is 4.51. The summed E-state index contributed by atoms with van der Waals surface area (Å²) in [5, 5.41) is 0.720. The summed E-state index contributed by atoms with van der Waals surface area (Å²) in [5.74, 6) is 0.240. The number of hydrogen-bond donors (Lipinski definition) is 0. The molecule has 0 spiro atoms. The van der Waals surface area contributed by atoms with Crippen molar-refractivity contribution in [2.24, 2.45) is 10.9 Å². The molecule has 3 aliphatic rings. The Kier molecular flexibility index (Phi) is 6.11. The van der Waals surface area contributed by atoms with Crippen LogP contribution in [0, 0.1) is 5.92 Å². The molecule has 2 unspecified atom stereocenters. The normalized spacial score (nSPS) is 24.4. The molecule has 1 aliphatic carbocycles. The van der Waals surface area contributed by atoms with Crippen LogP contribution in [0.5, 0.6) is 0 Å². The Morgan fingerprint density at radius 1 is 1.23 bits per heavy atom. The van der Waals surface area contributed by atoms with Crippen LogP contribution in [0.25, 0.3) is 4.48 Å². The molecule has 2 heterocycles. The van der Waals surface area contributed by atoms with Gasteiger partial charge in [-0.1, -0.05) is 45.7 Å². The highest BCUT2D eigenvalue weighted by Crippen LogP contribution is 2.41. The summed E-state index contributed by atoms with van der Waals surface area (Å²) >= 11 is 10.1.